The van der Waals surface area contributed by atoms with Gasteiger partial charge in [0.25, 0.3) is 0 Å². The SMILES string of the molecule is CCc1cc(-c2ccccc2C)[n+](C)cc1CC(C)C.Cc1c[n+](C)c(-c2ccccc2C)cc1CC(C)(C)C.Cc1ccccc1-c1cc(C)c(C2CCCC2)c[n+]1C.Cc1ccccc1-c1cc(C2CCCC2)c(C)c[n+]1C.Cc1ccccc1-c1cc(CC(C)C)c(CC(C)C)c[n+]1C. The molecule has 5 nitrogen and oxygen atoms in total. The number of aryl methyl sites for hydroxylation is 14. The topological polar surface area (TPSA) is 19.4 Å². The maximum absolute atomic E-state index is 2.44. The van der Waals surface area contributed by atoms with Crippen molar-refractivity contribution in [3.8, 4) is 56.3 Å². The molecule has 12 rings (SSSR count). The van der Waals surface area contributed by atoms with Gasteiger partial charge < -0.3 is 0 Å². The van der Waals surface area contributed by atoms with Gasteiger partial charge in [0.1, 0.15) is 35.2 Å². The molecule has 0 spiro atoms. The highest BCUT2D eigenvalue weighted by Gasteiger charge is 2.27. The van der Waals surface area contributed by atoms with Crippen LogP contribution in [0.25, 0.3) is 56.3 Å². The van der Waals surface area contributed by atoms with Crippen LogP contribution in [0.1, 0.15) is 216 Å². The minimum Gasteiger partial charge on any atom is -0.201 e. The van der Waals surface area contributed by atoms with Gasteiger partial charge in [0.05, 0.1) is 0 Å². The van der Waals surface area contributed by atoms with Crippen molar-refractivity contribution in [3.63, 3.8) is 0 Å². The first-order valence-corrected chi connectivity index (χ1v) is 38.8. The first kappa shape index (κ1) is 79.6. The summed E-state index contributed by atoms with van der Waals surface area (Å²) in [4.78, 5) is 0. The van der Waals surface area contributed by atoms with Crippen molar-refractivity contribution in [3.05, 3.63) is 266 Å². The molecule has 5 heterocycles. The summed E-state index contributed by atoms with van der Waals surface area (Å²) in [5.74, 6) is 3.63. The lowest BCUT2D eigenvalue weighted by molar-refractivity contribution is -0.661. The summed E-state index contributed by atoms with van der Waals surface area (Å²) in [5, 5.41) is 0. The molecule has 0 unspecified atom stereocenters. The van der Waals surface area contributed by atoms with Crippen LogP contribution in [0, 0.1) is 78.6 Å². The maximum Gasteiger partial charge on any atom is 0.212 e. The first-order chi connectivity index (χ1) is 48.5. The summed E-state index contributed by atoms with van der Waals surface area (Å²) >= 11 is 0. The Bertz CT molecular complexity index is 4400. The van der Waals surface area contributed by atoms with Crippen molar-refractivity contribution in [1.29, 1.82) is 0 Å². The zero-order valence-electron chi connectivity index (χ0n) is 67.6. The smallest absolute Gasteiger partial charge is 0.201 e. The normalized spacial score (nSPS) is 13.1. The molecule has 10 aromatic rings. The quantitative estimate of drug-likeness (QED) is 0.0912. The van der Waals surface area contributed by atoms with E-state index in [4.69, 9.17) is 0 Å². The third kappa shape index (κ3) is 21.5. The lowest BCUT2D eigenvalue weighted by Crippen LogP contribution is -2.32. The van der Waals surface area contributed by atoms with Crippen molar-refractivity contribution in [2.45, 2.75) is 220 Å². The third-order valence-electron chi connectivity index (χ3n) is 21.2. The molecule has 0 N–H and O–H groups in total. The van der Waals surface area contributed by atoms with Crippen LogP contribution < -0.4 is 22.8 Å². The molecule has 5 heteroatoms. The number of hydrogen-bond donors (Lipinski definition) is 0. The monoisotopic (exact) mass is 1370 g/mol. The predicted octanol–water partition coefficient (Wildman–Crippen LogP) is 22.4. The molecule has 0 bridgehead atoms. The van der Waals surface area contributed by atoms with E-state index in [1.165, 1.54) is 180 Å². The van der Waals surface area contributed by atoms with Gasteiger partial charge in [0, 0.05) is 86.0 Å². The van der Waals surface area contributed by atoms with Gasteiger partial charge in [0.2, 0.25) is 28.5 Å². The van der Waals surface area contributed by atoms with Gasteiger partial charge in [0.15, 0.2) is 31.0 Å². The van der Waals surface area contributed by atoms with Crippen LogP contribution in [0.15, 0.2) is 183 Å². The van der Waals surface area contributed by atoms with Crippen LogP contribution in [-0.2, 0) is 67.3 Å². The second kappa shape index (κ2) is 36.8. The van der Waals surface area contributed by atoms with Crippen LogP contribution >= 0.6 is 0 Å². The van der Waals surface area contributed by atoms with E-state index >= 15 is 0 Å². The molecule has 0 saturated heterocycles. The van der Waals surface area contributed by atoms with E-state index in [0.717, 1.165) is 43.9 Å². The van der Waals surface area contributed by atoms with Gasteiger partial charge in [-0.25, -0.2) is 22.8 Å². The van der Waals surface area contributed by atoms with E-state index in [0.29, 0.717) is 23.2 Å². The Hall–Kier alpha value is -8.15. The molecule has 5 aromatic heterocycles. The van der Waals surface area contributed by atoms with E-state index in [1.807, 2.05) is 0 Å². The van der Waals surface area contributed by atoms with Crippen molar-refractivity contribution in [1.82, 2.24) is 0 Å². The largest absolute Gasteiger partial charge is 0.212 e. The Morgan fingerprint density at radius 2 is 0.608 bits per heavy atom. The van der Waals surface area contributed by atoms with Gasteiger partial charge in [-0.05, 0) is 234 Å². The maximum atomic E-state index is 2.44. The minimum atomic E-state index is 0.313. The molecular weight excluding hydrogens is 1240 g/mol. The molecule has 0 atom stereocenters. The highest BCUT2D eigenvalue weighted by Crippen LogP contribution is 2.39. The number of nitrogens with zero attached hydrogens (tertiary/aromatic N) is 5. The van der Waals surface area contributed by atoms with Gasteiger partial charge in [-0.3, -0.25) is 0 Å². The summed E-state index contributed by atoms with van der Waals surface area (Å²) < 4.78 is 11.4. The van der Waals surface area contributed by atoms with Crippen LogP contribution in [0.5, 0.6) is 0 Å². The second-order valence-corrected chi connectivity index (χ2v) is 32.9. The summed E-state index contributed by atoms with van der Waals surface area (Å²) in [6, 6.07) is 55.2. The third-order valence-corrected chi connectivity index (χ3v) is 21.2. The van der Waals surface area contributed by atoms with E-state index in [-0.39, 0.29) is 0 Å². The van der Waals surface area contributed by atoms with Crippen molar-refractivity contribution in [2.24, 2.45) is 58.4 Å². The average molecular weight is 1370 g/mol. The van der Waals surface area contributed by atoms with Gasteiger partial charge >= 0.3 is 0 Å². The van der Waals surface area contributed by atoms with E-state index in [1.54, 1.807) is 11.1 Å². The average Bonchev–Trinajstić information content (AvgIpc) is 1.52. The highest BCUT2D eigenvalue weighted by atomic mass is 14.9. The Morgan fingerprint density at radius 3 is 0.971 bits per heavy atom. The molecule has 102 heavy (non-hydrogen) atoms. The van der Waals surface area contributed by atoms with E-state index in [9.17, 15) is 0 Å². The number of hydrogen-bond acceptors (Lipinski definition) is 0. The fourth-order valence-electron chi connectivity index (χ4n) is 15.8. The number of rotatable bonds is 15. The second-order valence-electron chi connectivity index (χ2n) is 32.9. The molecule has 2 aliphatic rings. The Balaban J connectivity index is 0.000000162. The molecule has 5 aromatic carbocycles. The van der Waals surface area contributed by atoms with Gasteiger partial charge in [-0.2, -0.15) is 0 Å². The van der Waals surface area contributed by atoms with Crippen LogP contribution in [0.2, 0.25) is 0 Å². The molecule has 0 radical (unpaired) electrons. The summed E-state index contributed by atoms with van der Waals surface area (Å²) in [5.41, 5.74) is 35.1. The molecule has 2 aliphatic carbocycles. The standard InChI is InChI=1S/C21H30N.2C19H24N.2C19H26N/c1-15(2)11-18-13-21(20-10-8-7-9-17(20)5)22(6)14-19(18)12-16(3)4;1-14-8-4-7-11-17(14)19-12-18(15(2)13-20(19)3)16-9-5-6-10-16;1-14-8-4-7-11-17(14)19-12-15(2)18(13-20(19)3)16-9-5-6-10-16;1-14-9-7-8-10-17(14)18-11-16(12-19(3,4)5)15(2)13-20(18)6;1-6-16-12-19(18-10-8-7-9-15(18)4)20(5)13-17(16)11-14(2)3/h7-10,13-16H,11-12H2,1-6H3;2*4,7-8,11-13,16H,5-6,9-10H2,1-3H3;7-11,13H,12H2,1-6H3;7-10,12-14H,6,11H2,1-5H3/q5*+1. The molecule has 2 saturated carbocycles. The van der Waals surface area contributed by atoms with Crippen LogP contribution in [-0.4, -0.2) is 0 Å². The van der Waals surface area contributed by atoms with Gasteiger partial charge in [-0.1, -0.05) is 186 Å². The molecule has 0 amide bonds. The zero-order valence-corrected chi connectivity index (χ0v) is 67.6. The Labute approximate surface area is 619 Å². The van der Waals surface area contributed by atoms with E-state index in [2.05, 4.69) is 365 Å². The lowest BCUT2D eigenvalue weighted by Gasteiger charge is -2.19. The summed E-state index contributed by atoms with van der Waals surface area (Å²) in [6.07, 6.45) is 28.3. The Morgan fingerprint density at radius 1 is 0.314 bits per heavy atom. The number of aromatic nitrogens is 5. The lowest BCUT2D eigenvalue weighted by atomic mass is 9.86. The van der Waals surface area contributed by atoms with Crippen molar-refractivity contribution in [2.75, 3.05) is 0 Å². The predicted molar refractivity (Wildman–Crippen MR) is 434 cm³/mol. The van der Waals surface area contributed by atoms with Crippen LogP contribution in [0.3, 0.4) is 0 Å². The summed E-state index contributed by atoms with van der Waals surface area (Å²) in [6.45, 7) is 40.6. The van der Waals surface area contributed by atoms with Crippen molar-refractivity contribution < 1.29 is 22.8 Å². The highest BCUT2D eigenvalue weighted by molar-refractivity contribution is 5.65. The minimum absolute atomic E-state index is 0.313. The molecular formula is C97H130N5+5. The molecule has 2 fully saturated rings. The van der Waals surface area contributed by atoms with Gasteiger partial charge in [-0.15, -0.1) is 0 Å². The Kier molecular flexibility index (Phi) is 28.7. The first-order valence-electron chi connectivity index (χ1n) is 38.8. The van der Waals surface area contributed by atoms with Crippen LogP contribution in [0.4, 0.5) is 0 Å². The fraction of sp³-hybridized carbons (Fsp3) is 0.433. The zero-order chi connectivity index (χ0) is 74.1. The molecule has 538 valence electrons. The number of benzene rings is 5. The molecule has 0 aliphatic heterocycles. The van der Waals surface area contributed by atoms with Crippen molar-refractivity contribution >= 4 is 0 Å². The van der Waals surface area contributed by atoms with E-state index < -0.39 is 0 Å². The summed E-state index contributed by atoms with van der Waals surface area (Å²) in [7, 11) is 10.8. The number of pyridine rings is 5. The fourth-order valence-corrected chi connectivity index (χ4v) is 15.8.